The van der Waals surface area contributed by atoms with E-state index in [9.17, 15) is 4.79 Å². The van der Waals surface area contributed by atoms with Crippen molar-refractivity contribution in [2.45, 2.75) is 44.2 Å². The molecule has 1 fully saturated rings. The molecule has 0 unspecified atom stereocenters. The Bertz CT molecular complexity index is 413. The number of benzene rings is 1. The molecule has 4 heteroatoms. The predicted molar refractivity (Wildman–Crippen MR) is 68.5 cm³/mol. The van der Waals surface area contributed by atoms with Gasteiger partial charge in [-0.15, -0.1) is 0 Å². The number of nitrogens with two attached hydrogens (primary N) is 1. The number of hydrogen-bond acceptors (Lipinski definition) is 3. The molecule has 2 rings (SSSR count). The third-order valence-electron chi connectivity index (χ3n) is 3.29. The van der Waals surface area contributed by atoms with Crippen LogP contribution in [0, 0.1) is 0 Å². The van der Waals surface area contributed by atoms with E-state index in [0.717, 1.165) is 24.2 Å². The van der Waals surface area contributed by atoms with E-state index in [0.29, 0.717) is 6.10 Å². The van der Waals surface area contributed by atoms with Crippen LogP contribution in [0.4, 0.5) is 0 Å². The molecule has 0 spiro atoms. The molecule has 0 aliphatic heterocycles. The summed E-state index contributed by atoms with van der Waals surface area (Å²) >= 11 is 0. The molecule has 0 aromatic heterocycles. The first-order valence-electron chi connectivity index (χ1n) is 6.39. The van der Waals surface area contributed by atoms with E-state index in [1.54, 1.807) is 0 Å². The minimum atomic E-state index is -0.885. The molecule has 0 amide bonds. The molecular formula is C14H19NO3. The zero-order valence-corrected chi connectivity index (χ0v) is 10.3. The van der Waals surface area contributed by atoms with Crippen LogP contribution in [0.15, 0.2) is 24.3 Å². The second-order valence-corrected chi connectivity index (χ2v) is 4.80. The van der Waals surface area contributed by atoms with Gasteiger partial charge in [0.2, 0.25) is 0 Å². The molecule has 3 N–H and O–H groups in total. The van der Waals surface area contributed by atoms with Gasteiger partial charge in [-0.05, 0) is 43.4 Å². The Morgan fingerprint density at radius 2 is 2.17 bits per heavy atom. The summed E-state index contributed by atoms with van der Waals surface area (Å²) in [5.74, 6) is -0.0927. The van der Waals surface area contributed by atoms with Crippen LogP contribution >= 0.6 is 0 Å². The summed E-state index contributed by atoms with van der Waals surface area (Å²) in [5, 5.41) is 8.73. The van der Waals surface area contributed by atoms with Gasteiger partial charge >= 0.3 is 5.97 Å². The number of carboxylic acids is 1. The normalized spacial score (nSPS) is 17.6. The predicted octanol–water partition coefficient (Wildman–Crippen LogP) is 2.48. The van der Waals surface area contributed by atoms with Gasteiger partial charge in [0.15, 0.2) is 0 Å². The number of aliphatic carboxylic acids is 1. The molecule has 1 aromatic carbocycles. The van der Waals surface area contributed by atoms with Gasteiger partial charge in [-0.3, -0.25) is 4.79 Å². The van der Waals surface area contributed by atoms with Gasteiger partial charge in [0.1, 0.15) is 5.75 Å². The maximum Gasteiger partial charge on any atom is 0.305 e. The molecule has 0 radical (unpaired) electrons. The Morgan fingerprint density at radius 3 is 2.83 bits per heavy atom. The number of carboxylic acid groups (broad SMARTS) is 1. The fraction of sp³-hybridized carbons (Fsp3) is 0.500. The zero-order valence-electron chi connectivity index (χ0n) is 10.3. The molecule has 98 valence electrons. The molecule has 0 heterocycles. The van der Waals surface area contributed by atoms with Crippen molar-refractivity contribution in [3.05, 3.63) is 29.8 Å². The summed E-state index contributed by atoms with van der Waals surface area (Å²) in [6.07, 6.45) is 4.89. The first-order chi connectivity index (χ1) is 8.65. The summed E-state index contributed by atoms with van der Waals surface area (Å²) in [4.78, 5) is 10.6. The third-order valence-corrected chi connectivity index (χ3v) is 3.29. The molecule has 1 aromatic rings. The SMILES string of the molecule is N[C@@H](CC(=O)O)c1cccc(OC2CCCC2)c1. The highest BCUT2D eigenvalue weighted by atomic mass is 16.5. The van der Waals surface area contributed by atoms with E-state index in [2.05, 4.69) is 0 Å². The number of carbonyl (C=O) groups is 1. The zero-order chi connectivity index (χ0) is 13.0. The second kappa shape index (κ2) is 5.87. The van der Waals surface area contributed by atoms with Crippen LogP contribution in [-0.2, 0) is 4.79 Å². The Hall–Kier alpha value is -1.55. The van der Waals surface area contributed by atoms with Crippen molar-refractivity contribution in [1.29, 1.82) is 0 Å². The highest BCUT2D eigenvalue weighted by Crippen LogP contribution is 2.26. The van der Waals surface area contributed by atoms with Crippen LogP contribution in [0.1, 0.15) is 43.7 Å². The van der Waals surface area contributed by atoms with Crippen molar-refractivity contribution in [3.63, 3.8) is 0 Å². The van der Waals surface area contributed by atoms with Gasteiger partial charge in [-0.25, -0.2) is 0 Å². The van der Waals surface area contributed by atoms with Crippen LogP contribution in [0.2, 0.25) is 0 Å². The first-order valence-corrected chi connectivity index (χ1v) is 6.39. The van der Waals surface area contributed by atoms with Crippen molar-refractivity contribution in [2.75, 3.05) is 0 Å². The number of hydrogen-bond donors (Lipinski definition) is 2. The monoisotopic (exact) mass is 249 g/mol. The lowest BCUT2D eigenvalue weighted by Crippen LogP contribution is -2.15. The molecular weight excluding hydrogens is 230 g/mol. The van der Waals surface area contributed by atoms with Gasteiger partial charge in [0, 0.05) is 6.04 Å². The molecule has 0 bridgehead atoms. The van der Waals surface area contributed by atoms with Crippen LogP contribution in [0.25, 0.3) is 0 Å². The molecule has 18 heavy (non-hydrogen) atoms. The minimum Gasteiger partial charge on any atom is -0.490 e. The molecule has 4 nitrogen and oxygen atoms in total. The second-order valence-electron chi connectivity index (χ2n) is 4.80. The summed E-state index contributed by atoms with van der Waals surface area (Å²) < 4.78 is 5.87. The minimum absolute atomic E-state index is 0.0626. The van der Waals surface area contributed by atoms with Gasteiger partial charge in [-0.2, -0.15) is 0 Å². The number of ether oxygens (including phenoxy) is 1. The molecule has 1 saturated carbocycles. The highest BCUT2D eigenvalue weighted by molar-refractivity contribution is 5.67. The molecule has 0 saturated heterocycles. The summed E-state index contributed by atoms with van der Waals surface area (Å²) in [7, 11) is 0. The van der Waals surface area contributed by atoms with Crippen LogP contribution in [0.3, 0.4) is 0 Å². The maximum absolute atomic E-state index is 10.6. The van der Waals surface area contributed by atoms with Crippen LogP contribution in [-0.4, -0.2) is 17.2 Å². The van der Waals surface area contributed by atoms with Crippen molar-refractivity contribution in [2.24, 2.45) is 5.73 Å². The molecule has 1 atom stereocenters. The Balaban J connectivity index is 2.01. The highest BCUT2D eigenvalue weighted by Gasteiger charge is 2.17. The average Bonchev–Trinajstić information content (AvgIpc) is 2.81. The maximum atomic E-state index is 10.6. The van der Waals surface area contributed by atoms with E-state index in [1.165, 1.54) is 12.8 Å². The topological polar surface area (TPSA) is 72.6 Å². The van der Waals surface area contributed by atoms with Crippen molar-refractivity contribution >= 4 is 5.97 Å². The van der Waals surface area contributed by atoms with E-state index >= 15 is 0 Å². The largest absolute Gasteiger partial charge is 0.490 e. The van der Waals surface area contributed by atoms with Gasteiger partial charge in [-0.1, -0.05) is 12.1 Å². The summed E-state index contributed by atoms with van der Waals surface area (Å²) in [6, 6.07) is 6.98. The Morgan fingerprint density at radius 1 is 1.44 bits per heavy atom. The quantitative estimate of drug-likeness (QED) is 0.840. The fourth-order valence-corrected chi connectivity index (χ4v) is 2.32. The molecule has 1 aliphatic carbocycles. The van der Waals surface area contributed by atoms with Gasteiger partial charge in [0.05, 0.1) is 12.5 Å². The van der Waals surface area contributed by atoms with Crippen molar-refractivity contribution in [1.82, 2.24) is 0 Å². The van der Waals surface area contributed by atoms with Gasteiger partial charge < -0.3 is 15.6 Å². The Labute approximate surface area is 107 Å². The summed E-state index contributed by atoms with van der Waals surface area (Å²) in [5.41, 5.74) is 6.65. The smallest absolute Gasteiger partial charge is 0.305 e. The van der Waals surface area contributed by atoms with E-state index in [1.807, 2.05) is 24.3 Å². The molecule has 1 aliphatic rings. The van der Waals surface area contributed by atoms with Crippen molar-refractivity contribution < 1.29 is 14.6 Å². The summed E-state index contributed by atoms with van der Waals surface area (Å²) in [6.45, 7) is 0. The fourth-order valence-electron chi connectivity index (χ4n) is 2.32. The van der Waals surface area contributed by atoms with E-state index in [-0.39, 0.29) is 6.42 Å². The lowest BCUT2D eigenvalue weighted by atomic mass is 10.0. The van der Waals surface area contributed by atoms with Crippen LogP contribution < -0.4 is 10.5 Å². The first kappa shape index (κ1) is 12.9. The number of rotatable bonds is 5. The lowest BCUT2D eigenvalue weighted by Gasteiger charge is -2.15. The van der Waals surface area contributed by atoms with Crippen LogP contribution in [0.5, 0.6) is 5.75 Å². The van der Waals surface area contributed by atoms with E-state index < -0.39 is 12.0 Å². The standard InChI is InChI=1S/C14H19NO3/c15-13(9-14(16)17)10-4-3-7-12(8-10)18-11-5-1-2-6-11/h3-4,7-8,11,13H,1-2,5-6,9,15H2,(H,16,17)/t13-/m0/s1. The van der Waals surface area contributed by atoms with Gasteiger partial charge in [0.25, 0.3) is 0 Å². The Kier molecular flexibility index (Phi) is 4.20. The van der Waals surface area contributed by atoms with E-state index in [4.69, 9.17) is 15.6 Å². The third kappa shape index (κ3) is 3.47. The van der Waals surface area contributed by atoms with Crippen molar-refractivity contribution in [3.8, 4) is 5.75 Å². The lowest BCUT2D eigenvalue weighted by molar-refractivity contribution is -0.137. The average molecular weight is 249 g/mol.